The first-order valence-electron chi connectivity index (χ1n) is 13.6. The van der Waals surface area contributed by atoms with Crippen molar-refractivity contribution >= 4 is 46.5 Å². The van der Waals surface area contributed by atoms with Gasteiger partial charge in [0.25, 0.3) is 5.91 Å². The Morgan fingerprint density at radius 3 is 2.25 bits per heavy atom. The van der Waals surface area contributed by atoms with Crippen LogP contribution in [0.1, 0.15) is 34.3 Å². The van der Waals surface area contributed by atoms with Crippen LogP contribution in [0.4, 0.5) is 16.2 Å². The molecular weight excluding hydrogens is 596 g/mol. The van der Waals surface area contributed by atoms with Gasteiger partial charge in [0.15, 0.2) is 17.1 Å². The monoisotopic (exact) mass is 626 g/mol. The number of fused-ring (bicyclic) bond motifs is 3. The van der Waals surface area contributed by atoms with Crippen LogP contribution < -0.4 is 16.4 Å². The van der Waals surface area contributed by atoms with E-state index in [-0.39, 0.29) is 16.8 Å². The quantitative estimate of drug-likeness (QED) is 0.137. The number of likely N-dealkylation sites (N-methyl/N-ethyl adjacent to an activating group) is 1. The van der Waals surface area contributed by atoms with Gasteiger partial charge in [-0.15, -0.1) is 11.6 Å². The summed E-state index contributed by atoms with van der Waals surface area (Å²) in [6.07, 6.45) is -1.71. The zero-order chi connectivity index (χ0) is 32.4. The van der Waals surface area contributed by atoms with Gasteiger partial charge < -0.3 is 41.9 Å². The molecule has 0 aliphatic heterocycles. The van der Waals surface area contributed by atoms with E-state index in [1.54, 1.807) is 31.2 Å². The van der Waals surface area contributed by atoms with E-state index in [1.807, 2.05) is 0 Å². The maximum absolute atomic E-state index is 14.0. The SMILES string of the molecule is C[C@@H]1c2ccc(NC(=O)Nc3ccc(CCl)cc3)c(O)c2C(=O)C2=C(O)[C@@]3(O)C(=O)C(C(N)=O)=C(O)[C@H](N(C)C)[C@H]3[C@@H](O)[C@H]21. The molecule has 232 valence electrons. The van der Waals surface area contributed by atoms with Gasteiger partial charge in [-0.25, -0.2) is 4.79 Å². The number of aromatic hydroxyl groups is 1. The predicted octanol–water partition coefficient (Wildman–Crippen LogP) is 2.04. The second-order valence-electron chi connectivity index (χ2n) is 11.4. The molecule has 2 aromatic rings. The Morgan fingerprint density at radius 1 is 1.05 bits per heavy atom. The van der Waals surface area contributed by atoms with Crippen molar-refractivity contribution in [2.24, 2.45) is 17.6 Å². The van der Waals surface area contributed by atoms with Gasteiger partial charge in [0.05, 0.1) is 29.3 Å². The van der Waals surface area contributed by atoms with Crippen LogP contribution in [-0.4, -0.2) is 85.8 Å². The maximum Gasteiger partial charge on any atom is 0.323 e. The fraction of sp³-hybridized carbons (Fsp3) is 0.333. The Hall–Kier alpha value is -4.43. The van der Waals surface area contributed by atoms with Crippen LogP contribution in [0, 0.1) is 11.8 Å². The highest BCUT2D eigenvalue weighted by Gasteiger charge is 2.67. The lowest BCUT2D eigenvalue weighted by Gasteiger charge is -2.53. The number of anilines is 2. The smallest absolute Gasteiger partial charge is 0.323 e. The minimum atomic E-state index is -3.02. The summed E-state index contributed by atoms with van der Waals surface area (Å²) in [6, 6.07) is 7.44. The minimum absolute atomic E-state index is 0.157. The summed E-state index contributed by atoms with van der Waals surface area (Å²) < 4.78 is 0. The van der Waals surface area contributed by atoms with E-state index in [2.05, 4.69) is 10.6 Å². The number of Topliss-reactive ketones (excluding diaryl/α,β-unsaturated/α-hetero) is 2. The van der Waals surface area contributed by atoms with Crippen molar-refractivity contribution in [2.75, 3.05) is 24.7 Å². The third kappa shape index (κ3) is 4.42. The zero-order valence-corrected chi connectivity index (χ0v) is 24.6. The van der Waals surface area contributed by atoms with Crippen molar-refractivity contribution < 1.29 is 44.7 Å². The van der Waals surface area contributed by atoms with Crippen molar-refractivity contribution in [1.82, 2.24) is 4.90 Å². The summed E-state index contributed by atoms with van der Waals surface area (Å²) >= 11 is 5.79. The molecular formula is C30H31ClN4O9. The number of halogens is 1. The van der Waals surface area contributed by atoms with E-state index in [4.69, 9.17) is 17.3 Å². The summed E-state index contributed by atoms with van der Waals surface area (Å²) in [5.74, 6) is -9.73. The number of primary amides is 1. The molecule has 9 N–H and O–H groups in total. The van der Waals surface area contributed by atoms with Gasteiger partial charge in [-0.05, 0) is 49.3 Å². The molecule has 3 amide bonds. The molecule has 44 heavy (non-hydrogen) atoms. The number of urea groups is 1. The fourth-order valence-electron chi connectivity index (χ4n) is 6.69. The van der Waals surface area contributed by atoms with Gasteiger partial charge >= 0.3 is 6.03 Å². The Morgan fingerprint density at radius 2 is 1.68 bits per heavy atom. The summed E-state index contributed by atoms with van der Waals surface area (Å²) in [7, 11) is 2.92. The number of nitrogens with two attached hydrogens (primary N) is 1. The molecule has 5 rings (SSSR count). The van der Waals surface area contributed by atoms with Crippen molar-refractivity contribution in [3.8, 4) is 5.75 Å². The topological polar surface area (TPSA) is 223 Å². The van der Waals surface area contributed by atoms with E-state index in [0.717, 1.165) is 5.56 Å². The number of phenols is 1. The predicted molar refractivity (Wildman–Crippen MR) is 158 cm³/mol. The highest BCUT2D eigenvalue weighted by atomic mass is 35.5. The number of aliphatic hydroxyl groups excluding tert-OH is 3. The number of hydrogen-bond acceptors (Lipinski definition) is 10. The fourth-order valence-corrected chi connectivity index (χ4v) is 6.86. The van der Waals surface area contributed by atoms with E-state index < -0.39 is 87.4 Å². The third-order valence-electron chi connectivity index (χ3n) is 8.75. The van der Waals surface area contributed by atoms with E-state index in [0.29, 0.717) is 11.6 Å². The van der Waals surface area contributed by atoms with Crippen LogP contribution in [0.3, 0.4) is 0 Å². The summed E-state index contributed by atoms with van der Waals surface area (Å²) in [5.41, 5.74) is 1.84. The van der Waals surface area contributed by atoms with Crippen LogP contribution >= 0.6 is 11.6 Å². The third-order valence-corrected chi connectivity index (χ3v) is 9.05. The van der Waals surface area contributed by atoms with Crippen LogP contribution in [0.25, 0.3) is 0 Å². The molecule has 14 heteroatoms. The first kappa shape index (κ1) is 31.0. The highest BCUT2D eigenvalue weighted by Crippen LogP contribution is 2.56. The lowest BCUT2D eigenvalue weighted by molar-refractivity contribution is -0.162. The number of amides is 3. The number of ketones is 2. The average molecular weight is 627 g/mol. The number of phenolic OH excluding ortho intramolecular Hbond substituents is 1. The molecule has 13 nitrogen and oxygen atoms in total. The number of benzene rings is 2. The molecule has 0 heterocycles. The molecule has 0 saturated carbocycles. The number of alkyl halides is 1. The van der Waals surface area contributed by atoms with Gasteiger partial charge in [0, 0.05) is 23.1 Å². The van der Waals surface area contributed by atoms with Gasteiger partial charge in [0.2, 0.25) is 5.78 Å². The van der Waals surface area contributed by atoms with Crippen molar-refractivity contribution in [1.29, 1.82) is 0 Å². The summed E-state index contributed by atoms with van der Waals surface area (Å²) in [5, 5.41) is 62.0. The van der Waals surface area contributed by atoms with Crippen LogP contribution in [0.2, 0.25) is 0 Å². The van der Waals surface area contributed by atoms with Gasteiger partial charge in [-0.2, -0.15) is 0 Å². The first-order chi connectivity index (χ1) is 20.7. The summed E-state index contributed by atoms with van der Waals surface area (Å²) in [4.78, 5) is 53.7. The summed E-state index contributed by atoms with van der Waals surface area (Å²) in [6.45, 7) is 1.61. The Bertz CT molecular complexity index is 1670. The zero-order valence-electron chi connectivity index (χ0n) is 23.8. The molecule has 2 aromatic carbocycles. The van der Waals surface area contributed by atoms with E-state index in [1.165, 1.54) is 31.1 Å². The molecule has 3 aliphatic rings. The lowest BCUT2D eigenvalue weighted by Crippen LogP contribution is -2.68. The Balaban J connectivity index is 1.58. The lowest BCUT2D eigenvalue weighted by atomic mass is 9.55. The van der Waals surface area contributed by atoms with E-state index >= 15 is 0 Å². The minimum Gasteiger partial charge on any atom is -0.510 e. The molecule has 0 fully saturated rings. The van der Waals surface area contributed by atoms with Gasteiger partial charge in [0.1, 0.15) is 17.1 Å². The number of hydrogen-bond donors (Lipinski definition) is 8. The number of carbonyl (C=O) groups excluding carboxylic acids is 4. The number of nitrogens with zero attached hydrogens (tertiary/aromatic N) is 1. The van der Waals surface area contributed by atoms with Gasteiger partial charge in [-0.1, -0.05) is 25.1 Å². The van der Waals surface area contributed by atoms with Crippen LogP contribution in [0.5, 0.6) is 5.75 Å². The number of rotatable bonds is 5. The molecule has 0 aromatic heterocycles. The largest absolute Gasteiger partial charge is 0.510 e. The number of carbonyl (C=O) groups is 4. The Labute approximate surface area is 256 Å². The molecule has 0 bridgehead atoms. The molecule has 0 saturated heterocycles. The average Bonchev–Trinajstić information content (AvgIpc) is 2.96. The first-order valence-corrected chi connectivity index (χ1v) is 14.1. The number of nitrogens with one attached hydrogen (secondary N) is 2. The highest BCUT2D eigenvalue weighted by molar-refractivity contribution is 6.25. The maximum atomic E-state index is 14.0. The molecule has 0 radical (unpaired) electrons. The van der Waals surface area contributed by atoms with Gasteiger partial charge in [-0.3, -0.25) is 19.3 Å². The second-order valence-corrected chi connectivity index (χ2v) is 11.7. The van der Waals surface area contributed by atoms with E-state index in [9.17, 15) is 44.7 Å². The number of aliphatic hydroxyl groups is 4. The molecule has 6 atom stereocenters. The Kier molecular flexibility index (Phi) is 7.70. The molecule has 0 unspecified atom stereocenters. The van der Waals surface area contributed by atoms with Crippen LogP contribution in [-0.2, 0) is 15.5 Å². The van der Waals surface area contributed by atoms with Crippen LogP contribution in [0.15, 0.2) is 59.1 Å². The van der Waals surface area contributed by atoms with Crippen molar-refractivity contribution in [3.05, 3.63) is 75.8 Å². The van der Waals surface area contributed by atoms with Crippen molar-refractivity contribution in [3.63, 3.8) is 0 Å². The normalized spacial score (nSPS) is 27.9. The molecule has 3 aliphatic carbocycles. The second kappa shape index (κ2) is 10.9. The van der Waals surface area contributed by atoms with Crippen molar-refractivity contribution in [2.45, 2.75) is 36.5 Å². The molecule has 0 spiro atoms. The standard InChI is InChI=1S/C30H31ClN4O9/c1-11-14-8-9-15(34-29(43)33-13-6-4-12(10-31)5-7-13)22(36)17(14)23(37)18-16(11)24(38)20-21(35(2)3)25(39)19(28(32)42)27(41)30(20,44)26(18)40/h4-9,11,16,20-21,24,36,38-40,44H,10H2,1-3H3,(H2,32,42)(H2,33,34,43)/t11-,16+,20+,21-,24+,30-/m1/s1.